The number of halogens is 1. The number of thioether (sulfide) groups is 1. The van der Waals surface area contributed by atoms with Gasteiger partial charge >= 0.3 is 0 Å². The van der Waals surface area contributed by atoms with Crippen LogP contribution in [0.5, 0.6) is 0 Å². The zero-order valence-corrected chi connectivity index (χ0v) is 14.2. The molecule has 1 aromatic carbocycles. The molecule has 0 saturated heterocycles. The van der Waals surface area contributed by atoms with Gasteiger partial charge < -0.3 is 5.73 Å². The Kier molecular flexibility index (Phi) is 5.45. The maximum atomic E-state index is 6.31. The van der Waals surface area contributed by atoms with Gasteiger partial charge in [-0.25, -0.2) is 4.98 Å². The third-order valence-electron chi connectivity index (χ3n) is 2.90. The molecule has 0 aliphatic rings. The van der Waals surface area contributed by atoms with E-state index in [1.165, 1.54) is 5.56 Å². The average Bonchev–Trinajstić information content (AvgIpc) is 2.82. The summed E-state index contributed by atoms with van der Waals surface area (Å²) in [6, 6.07) is 8.41. The number of hydrogen-bond donors (Lipinski definition) is 1. The largest absolute Gasteiger partial charge is 0.326 e. The van der Waals surface area contributed by atoms with Gasteiger partial charge in [-0.15, -0.1) is 11.3 Å². The minimum atomic E-state index is 0.118. The molecule has 0 amide bonds. The molecule has 2 unspecified atom stereocenters. The van der Waals surface area contributed by atoms with Crippen LogP contribution in [0.15, 0.2) is 38.5 Å². The van der Waals surface area contributed by atoms with Crippen molar-refractivity contribution in [3.63, 3.8) is 0 Å². The fourth-order valence-corrected chi connectivity index (χ4v) is 4.79. The number of benzene rings is 1. The fourth-order valence-electron chi connectivity index (χ4n) is 1.80. The smallest absolute Gasteiger partial charge is 0.150 e. The summed E-state index contributed by atoms with van der Waals surface area (Å²) in [5, 5.41) is 2.31. The maximum Gasteiger partial charge on any atom is 0.150 e. The zero-order chi connectivity index (χ0) is 13.8. The van der Waals surface area contributed by atoms with Crippen LogP contribution < -0.4 is 5.73 Å². The lowest BCUT2D eigenvalue weighted by Crippen LogP contribution is -2.25. The summed E-state index contributed by atoms with van der Waals surface area (Å²) < 4.78 is 2.20. The summed E-state index contributed by atoms with van der Waals surface area (Å²) in [5.41, 5.74) is 8.63. The van der Waals surface area contributed by atoms with Crippen LogP contribution in [0.2, 0.25) is 0 Å². The van der Waals surface area contributed by atoms with Crippen molar-refractivity contribution < 1.29 is 0 Å². The lowest BCUT2D eigenvalue weighted by Gasteiger charge is -2.22. The quantitative estimate of drug-likeness (QED) is 0.783. The molecule has 0 bridgehead atoms. The summed E-state index contributed by atoms with van der Waals surface area (Å²) in [7, 11) is 0. The van der Waals surface area contributed by atoms with E-state index < -0.39 is 0 Å². The summed E-state index contributed by atoms with van der Waals surface area (Å²) in [6.45, 7) is 4.15. The number of aromatic nitrogens is 1. The Balaban J connectivity index is 2.29. The van der Waals surface area contributed by atoms with E-state index in [0.717, 1.165) is 20.9 Å². The summed E-state index contributed by atoms with van der Waals surface area (Å²) in [5.74, 6) is 0. The van der Waals surface area contributed by atoms with E-state index in [9.17, 15) is 0 Å². The van der Waals surface area contributed by atoms with Gasteiger partial charge in [-0.3, -0.25) is 0 Å². The van der Waals surface area contributed by atoms with Gasteiger partial charge in [0.25, 0.3) is 0 Å². The molecule has 5 heteroatoms. The molecule has 0 fully saturated rings. The molecule has 2 aromatic rings. The molecule has 2 nitrogen and oxygen atoms in total. The van der Waals surface area contributed by atoms with Crippen molar-refractivity contribution in [2.24, 2.45) is 5.73 Å². The van der Waals surface area contributed by atoms with Gasteiger partial charge in [0.1, 0.15) is 0 Å². The normalized spacial score (nSPS) is 14.3. The highest BCUT2D eigenvalue weighted by Gasteiger charge is 2.23. The van der Waals surface area contributed by atoms with E-state index in [1.807, 2.05) is 13.0 Å². The number of rotatable bonds is 5. The van der Waals surface area contributed by atoms with Gasteiger partial charge in [-0.1, -0.05) is 52.8 Å². The molecule has 0 spiro atoms. The van der Waals surface area contributed by atoms with E-state index in [1.54, 1.807) is 23.1 Å². The lowest BCUT2D eigenvalue weighted by molar-refractivity contribution is 0.632. The Morgan fingerprint density at radius 1 is 1.42 bits per heavy atom. The predicted molar refractivity (Wildman–Crippen MR) is 87.9 cm³/mol. The molecule has 2 N–H and O–H groups in total. The first-order chi connectivity index (χ1) is 9.11. The van der Waals surface area contributed by atoms with Crippen molar-refractivity contribution in [2.75, 3.05) is 0 Å². The molecule has 0 saturated carbocycles. The Bertz CT molecular complexity index is 542. The van der Waals surface area contributed by atoms with Crippen LogP contribution in [0.25, 0.3) is 0 Å². The Hall–Kier alpha value is -0.360. The van der Waals surface area contributed by atoms with Gasteiger partial charge in [0.2, 0.25) is 0 Å². The van der Waals surface area contributed by atoms with Crippen molar-refractivity contribution in [1.82, 2.24) is 4.98 Å². The maximum absolute atomic E-state index is 6.31. The van der Waals surface area contributed by atoms with Gasteiger partial charge in [0.05, 0.1) is 5.25 Å². The van der Waals surface area contributed by atoms with E-state index in [4.69, 9.17) is 5.73 Å². The molecule has 2 rings (SSSR count). The Morgan fingerprint density at radius 3 is 2.74 bits per heavy atom. The Morgan fingerprint density at radius 2 is 2.16 bits per heavy atom. The summed E-state index contributed by atoms with van der Waals surface area (Å²) in [6.07, 6.45) is 0.948. The second-order valence-electron chi connectivity index (χ2n) is 4.39. The van der Waals surface area contributed by atoms with E-state index in [0.29, 0.717) is 0 Å². The number of nitrogens with zero attached hydrogens (tertiary/aromatic N) is 1. The SMILES string of the molecule is CCC(N)C(Sc1nc(C)cs1)c1ccccc1Br. The van der Waals surface area contributed by atoms with Crippen LogP contribution in [-0.2, 0) is 0 Å². The third-order valence-corrected chi connectivity index (χ3v) is 6.10. The van der Waals surface area contributed by atoms with Gasteiger partial charge in [0.15, 0.2) is 4.34 Å². The van der Waals surface area contributed by atoms with Crippen molar-refractivity contribution >= 4 is 39.0 Å². The molecule has 1 heterocycles. The molecule has 102 valence electrons. The highest BCUT2D eigenvalue weighted by Crippen LogP contribution is 2.41. The molecule has 0 aliphatic heterocycles. The van der Waals surface area contributed by atoms with E-state index >= 15 is 0 Å². The van der Waals surface area contributed by atoms with Gasteiger partial charge in [0, 0.05) is 21.6 Å². The lowest BCUT2D eigenvalue weighted by atomic mass is 10.0. The van der Waals surface area contributed by atoms with Crippen LogP contribution in [-0.4, -0.2) is 11.0 Å². The second kappa shape index (κ2) is 6.88. The van der Waals surface area contributed by atoms with E-state index in [2.05, 4.69) is 51.4 Å². The zero-order valence-electron chi connectivity index (χ0n) is 11.0. The van der Waals surface area contributed by atoms with Crippen molar-refractivity contribution in [1.29, 1.82) is 0 Å². The van der Waals surface area contributed by atoms with Gasteiger partial charge in [-0.2, -0.15) is 0 Å². The monoisotopic (exact) mass is 356 g/mol. The molecule has 0 aliphatic carbocycles. The number of nitrogens with two attached hydrogens (primary N) is 1. The average molecular weight is 357 g/mol. The fraction of sp³-hybridized carbons (Fsp3) is 0.357. The first-order valence-corrected chi connectivity index (χ1v) is 8.75. The molecular formula is C14H17BrN2S2. The molecular weight excluding hydrogens is 340 g/mol. The minimum Gasteiger partial charge on any atom is -0.326 e. The minimum absolute atomic E-state index is 0.118. The first-order valence-electron chi connectivity index (χ1n) is 6.20. The van der Waals surface area contributed by atoms with Crippen molar-refractivity contribution in [3.05, 3.63) is 45.4 Å². The van der Waals surface area contributed by atoms with Crippen LogP contribution in [0.3, 0.4) is 0 Å². The Labute approximate surface area is 131 Å². The molecule has 0 radical (unpaired) electrons. The first kappa shape index (κ1) is 15.0. The highest BCUT2D eigenvalue weighted by atomic mass is 79.9. The van der Waals surface area contributed by atoms with Gasteiger partial charge in [-0.05, 0) is 25.0 Å². The van der Waals surface area contributed by atoms with Crippen LogP contribution in [0.1, 0.15) is 29.9 Å². The summed E-state index contributed by atoms with van der Waals surface area (Å²) >= 11 is 7.08. The number of aryl methyl sites for hydroxylation is 1. The predicted octanol–water partition coefficient (Wildman–Crippen LogP) is 4.78. The van der Waals surface area contributed by atoms with Crippen molar-refractivity contribution in [2.45, 2.75) is 35.9 Å². The standard InChI is InChI=1S/C14H17BrN2S2/c1-3-12(16)13(10-6-4-5-7-11(10)15)19-14-17-9(2)8-18-14/h4-8,12-13H,3,16H2,1-2H3. The van der Waals surface area contributed by atoms with Crippen molar-refractivity contribution in [3.8, 4) is 0 Å². The molecule has 1 aromatic heterocycles. The topological polar surface area (TPSA) is 38.9 Å². The number of hydrogen-bond acceptors (Lipinski definition) is 4. The molecule has 2 atom stereocenters. The van der Waals surface area contributed by atoms with Crippen LogP contribution >= 0.6 is 39.0 Å². The van der Waals surface area contributed by atoms with E-state index in [-0.39, 0.29) is 11.3 Å². The second-order valence-corrected chi connectivity index (χ2v) is 7.49. The van der Waals surface area contributed by atoms with Crippen LogP contribution in [0, 0.1) is 6.92 Å². The van der Waals surface area contributed by atoms with Crippen LogP contribution in [0.4, 0.5) is 0 Å². The summed E-state index contributed by atoms with van der Waals surface area (Å²) in [4.78, 5) is 4.53. The molecule has 19 heavy (non-hydrogen) atoms. The highest BCUT2D eigenvalue weighted by molar-refractivity contribution is 9.10. The third kappa shape index (κ3) is 3.81. The number of thiazole rings is 1.